The van der Waals surface area contributed by atoms with Crippen LogP contribution >= 0.6 is 0 Å². The first kappa shape index (κ1) is 37.4. The molecular formula is C35H70N6. The van der Waals surface area contributed by atoms with Crippen LogP contribution in [0.4, 0.5) is 17.8 Å². The molecule has 0 aliphatic carbocycles. The summed E-state index contributed by atoms with van der Waals surface area (Å²) in [4.78, 5) is 19.8. The summed E-state index contributed by atoms with van der Waals surface area (Å²) in [5.74, 6) is 4.55. The molecular weight excluding hydrogens is 504 g/mol. The lowest BCUT2D eigenvalue weighted by molar-refractivity contribution is 0.396. The largest absolute Gasteiger partial charge is 0.368 e. The van der Waals surface area contributed by atoms with Crippen LogP contribution in [-0.4, -0.2) is 41.1 Å². The molecule has 4 unspecified atom stereocenters. The SMILES string of the molecule is CCCCC(CC)CN(CC(CC)CCCC)c1nc(N)nc(N(CC(CC)CCCC)CC(CC)CCCC)n1. The molecule has 0 bridgehead atoms. The highest BCUT2D eigenvalue weighted by Crippen LogP contribution is 2.26. The van der Waals surface area contributed by atoms with Crippen molar-refractivity contribution in [3.05, 3.63) is 0 Å². The van der Waals surface area contributed by atoms with E-state index in [-0.39, 0.29) is 0 Å². The van der Waals surface area contributed by atoms with E-state index in [1.54, 1.807) is 0 Å². The predicted molar refractivity (Wildman–Crippen MR) is 182 cm³/mol. The summed E-state index contributed by atoms with van der Waals surface area (Å²) in [7, 11) is 0. The molecule has 2 N–H and O–H groups in total. The fourth-order valence-electron chi connectivity index (χ4n) is 6.04. The monoisotopic (exact) mass is 575 g/mol. The summed E-state index contributed by atoms with van der Waals surface area (Å²) < 4.78 is 0. The molecule has 0 fully saturated rings. The first-order valence-electron chi connectivity index (χ1n) is 17.9. The van der Waals surface area contributed by atoms with Crippen LogP contribution in [0.2, 0.25) is 0 Å². The van der Waals surface area contributed by atoms with Crippen LogP contribution < -0.4 is 15.5 Å². The van der Waals surface area contributed by atoms with Crippen LogP contribution in [-0.2, 0) is 0 Å². The molecule has 0 aromatic carbocycles. The second kappa shape index (κ2) is 22.9. The van der Waals surface area contributed by atoms with Crippen LogP contribution in [0.5, 0.6) is 0 Å². The number of nitrogen functional groups attached to an aromatic ring is 1. The van der Waals surface area contributed by atoms with Gasteiger partial charge in [-0.05, 0) is 49.4 Å². The fraction of sp³-hybridized carbons (Fsp3) is 0.914. The van der Waals surface area contributed by atoms with Gasteiger partial charge in [0.1, 0.15) is 0 Å². The van der Waals surface area contributed by atoms with Crippen LogP contribution in [0, 0.1) is 23.7 Å². The van der Waals surface area contributed by atoms with Gasteiger partial charge in [0, 0.05) is 26.2 Å². The first-order valence-corrected chi connectivity index (χ1v) is 17.9. The zero-order chi connectivity index (χ0) is 30.5. The van der Waals surface area contributed by atoms with Gasteiger partial charge >= 0.3 is 0 Å². The third kappa shape index (κ3) is 14.9. The average molecular weight is 575 g/mol. The van der Waals surface area contributed by atoms with Crippen molar-refractivity contribution < 1.29 is 0 Å². The average Bonchev–Trinajstić information content (AvgIpc) is 2.99. The number of rotatable bonds is 26. The molecule has 4 atom stereocenters. The minimum Gasteiger partial charge on any atom is -0.368 e. The number of hydrogen-bond acceptors (Lipinski definition) is 6. The Kier molecular flexibility index (Phi) is 20.9. The number of hydrogen-bond donors (Lipinski definition) is 1. The van der Waals surface area contributed by atoms with Gasteiger partial charge in [-0.25, -0.2) is 0 Å². The van der Waals surface area contributed by atoms with E-state index < -0.39 is 0 Å². The number of nitrogens with two attached hydrogens (primary N) is 1. The van der Waals surface area contributed by atoms with Gasteiger partial charge in [0.15, 0.2) is 0 Å². The van der Waals surface area contributed by atoms with E-state index >= 15 is 0 Å². The molecule has 0 saturated carbocycles. The lowest BCUT2D eigenvalue weighted by Gasteiger charge is -2.33. The lowest BCUT2D eigenvalue weighted by atomic mass is 9.96. The van der Waals surface area contributed by atoms with Gasteiger partial charge in [0.2, 0.25) is 17.8 Å². The molecule has 240 valence electrons. The summed E-state index contributed by atoms with van der Waals surface area (Å²) >= 11 is 0. The van der Waals surface area contributed by atoms with Gasteiger partial charge in [0.25, 0.3) is 0 Å². The van der Waals surface area contributed by atoms with E-state index in [1.807, 2.05) is 0 Å². The Bertz CT molecular complexity index is 662. The van der Waals surface area contributed by atoms with Crippen molar-refractivity contribution in [2.45, 2.75) is 158 Å². The molecule has 1 aromatic rings. The van der Waals surface area contributed by atoms with E-state index in [2.05, 4.69) is 65.2 Å². The van der Waals surface area contributed by atoms with Gasteiger partial charge < -0.3 is 15.5 Å². The van der Waals surface area contributed by atoms with E-state index in [0.29, 0.717) is 29.6 Å². The number of nitrogens with zero attached hydrogens (tertiary/aromatic N) is 5. The highest BCUT2D eigenvalue weighted by atomic mass is 15.4. The quantitative estimate of drug-likeness (QED) is 0.119. The Hall–Kier alpha value is -1.59. The van der Waals surface area contributed by atoms with Crippen molar-refractivity contribution in [3.63, 3.8) is 0 Å². The van der Waals surface area contributed by atoms with E-state index in [9.17, 15) is 0 Å². The zero-order valence-corrected chi connectivity index (χ0v) is 28.8. The maximum absolute atomic E-state index is 6.49. The van der Waals surface area contributed by atoms with Crippen LogP contribution in [0.15, 0.2) is 0 Å². The second-order valence-corrected chi connectivity index (χ2v) is 12.8. The minimum atomic E-state index is 0.367. The van der Waals surface area contributed by atoms with E-state index in [1.165, 1.54) is 103 Å². The standard InChI is InChI=1S/C35H70N6/c1-9-17-21-29(13-5)25-40(26-30(14-6)22-18-10-2)34-37-33(36)38-35(39-34)41(27-31(15-7)23-19-11-3)28-32(16-8)24-20-12-4/h29-32H,9-28H2,1-8H3,(H2,36,37,38,39). The van der Waals surface area contributed by atoms with Gasteiger partial charge in [-0.3, -0.25) is 0 Å². The molecule has 0 aliphatic heterocycles. The van der Waals surface area contributed by atoms with Gasteiger partial charge in [-0.1, -0.05) is 132 Å². The molecule has 6 heteroatoms. The third-order valence-electron chi connectivity index (χ3n) is 9.28. The van der Waals surface area contributed by atoms with Crippen molar-refractivity contribution in [2.75, 3.05) is 41.7 Å². The minimum absolute atomic E-state index is 0.367. The normalized spacial score (nSPS) is 14.5. The summed E-state index contributed by atoms with van der Waals surface area (Å²) in [5, 5.41) is 0. The summed E-state index contributed by atoms with van der Waals surface area (Å²) in [6.45, 7) is 22.5. The van der Waals surface area contributed by atoms with E-state index in [4.69, 9.17) is 20.7 Å². The number of anilines is 3. The molecule has 1 rings (SSSR count). The lowest BCUT2D eigenvalue weighted by Crippen LogP contribution is -2.38. The van der Waals surface area contributed by atoms with Crippen molar-refractivity contribution in [2.24, 2.45) is 23.7 Å². The molecule has 41 heavy (non-hydrogen) atoms. The van der Waals surface area contributed by atoms with Gasteiger partial charge in [-0.2, -0.15) is 15.0 Å². The molecule has 0 radical (unpaired) electrons. The highest BCUT2D eigenvalue weighted by Gasteiger charge is 2.24. The molecule has 0 amide bonds. The van der Waals surface area contributed by atoms with Crippen molar-refractivity contribution in [1.82, 2.24) is 15.0 Å². The highest BCUT2D eigenvalue weighted by molar-refractivity contribution is 5.44. The van der Waals surface area contributed by atoms with Crippen LogP contribution in [0.1, 0.15) is 158 Å². The molecule has 6 nitrogen and oxygen atoms in total. The van der Waals surface area contributed by atoms with Gasteiger partial charge in [-0.15, -0.1) is 0 Å². The van der Waals surface area contributed by atoms with Crippen molar-refractivity contribution in [1.29, 1.82) is 0 Å². The smallest absolute Gasteiger partial charge is 0.231 e. The zero-order valence-electron chi connectivity index (χ0n) is 28.8. The Labute approximate surface area is 256 Å². The molecule has 0 spiro atoms. The molecule has 0 aliphatic rings. The fourth-order valence-corrected chi connectivity index (χ4v) is 6.04. The Morgan fingerprint density at radius 2 is 0.732 bits per heavy atom. The summed E-state index contributed by atoms with van der Waals surface area (Å²) in [5.41, 5.74) is 6.49. The van der Waals surface area contributed by atoms with Crippen LogP contribution in [0.3, 0.4) is 0 Å². The molecule has 1 aromatic heterocycles. The Morgan fingerprint density at radius 1 is 0.463 bits per heavy atom. The first-order chi connectivity index (χ1) is 19.9. The summed E-state index contributed by atoms with van der Waals surface area (Å²) in [6, 6.07) is 0. The third-order valence-corrected chi connectivity index (χ3v) is 9.28. The van der Waals surface area contributed by atoms with Crippen LogP contribution in [0.25, 0.3) is 0 Å². The number of unbranched alkanes of at least 4 members (excludes halogenated alkanes) is 4. The van der Waals surface area contributed by atoms with E-state index in [0.717, 1.165) is 38.1 Å². The maximum Gasteiger partial charge on any atom is 0.231 e. The number of aromatic nitrogens is 3. The Morgan fingerprint density at radius 3 is 0.951 bits per heavy atom. The Balaban J connectivity index is 3.46. The summed E-state index contributed by atoms with van der Waals surface area (Å²) in [6.07, 6.45) is 19.9. The molecule has 0 saturated heterocycles. The predicted octanol–water partition coefficient (Wildman–Crippen LogP) is 9.93. The van der Waals surface area contributed by atoms with Gasteiger partial charge in [0.05, 0.1) is 0 Å². The second-order valence-electron chi connectivity index (χ2n) is 12.8. The maximum atomic E-state index is 6.49. The van der Waals surface area contributed by atoms with Crippen molar-refractivity contribution >= 4 is 17.8 Å². The topological polar surface area (TPSA) is 71.2 Å². The molecule has 1 heterocycles. The van der Waals surface area contributed by atoms with Crippen molar-refractivity contribution in [3.8, 4) is 0 Å².